The Labute approximate surface area is 130 Å². The summed E-state index contributed by atoms with van der Waals surface area (Å²) < 4.78 is 10.8. The number of rotatable bonds is 4. The molecule has 0 aromatic carbocycles. The maximum Gasteiger partial charge on any atom is 0.412 e. The van der Waals surface area contributed by atoms with Crippen LogP contribution in [-0.2, 0) is 9.53 Å². The standard InChI is InChI=1S/C15H23N3O4/c1-9(2)21-12-8-16-13(17-10(3)19)7-11(12)18-14(20)22-15(4,5)6/h7-9H,1-6H3,(H2,16,17,18,19,20). The van der Waals surface area contributed by atoms with Gasteiger partial charge in [0.15, 0.2) is 5.75 Å². The first-order chi connectivity index (χ1) is 10.1. The van der Waals surface area contributed by atoms with E-state index in [0.717, 1.165) is 0 Å². The zero-order valence-corrected chi connectivity index (χ0v) is 13.8. The van der Waals surface area contributed by atoms with Gasteiger partial charge in [0.05, 0.1) is 18.0 Å². The average molecular weight is 309 g/mol. The summed E-state index contributed by atoms with van der Waals surface area (Å²) in [5.74, 6) is 0.456. The summed E-state index contributed by atoms with van der Waals surface area (Å²) in [6.45, 7) is 10.4. The highest BCUT2D eigenvalue weighted by molar-refractivity contribution is 5.91. The van der Waals surface area contributed by atoms with E-state index in [4.69, 9.17) is 9.47 Å². The Balaban J connectivity index is 3.00. The van der Waals surface area contributed by atoms with Crippen molar-refractivity contribution in [3.05, 3.63) is 12.3 Å². The summed E-state index contributed by atoms with van der Waals surface area (Å²) in [4.78, 5) is 27.1. The minimum absolute atomic E-state index is 0.0902. The molecule has 1 rings (SSSR count). The van der Waals surface area contributed by atoms with Crippen molar-refractivity contribution in [2.75, 3.05) is 10.6 Å². The van der Waals surface area contributed by atoms with Gasteiger partial charge >= 0.3 is 6.09 Å². The van der Waals surface area contributed by atoms with Crippen LogP contribution >= 0.6 is 0 Å². The molecule has 1 aromatic rings. The van der Waals surface area contributed by atoms with E-state index in [9.17, 15) is 9.59 Å². The number of hydrogen-bond acceptors (Lipinski definition) is 5. The van der Waals surface area contributed by atoms with Gasteiger partial charge in [0.2, 0.25) is 5.91 Å². The predicted octanol–water partition coefficient (Wildman–Crippen LogP) is 3.17. The smallest absolute Gasteiger partial charge is 0.412 e. The quantitative estimate of drug-likeness (QED) is 0.891. The van der Waals surface area contributed by atoms with E-state index in [2.05, 4.69) is 15.6 Å². The monoisotopic (exact) mass is 309 g/mol. The van der Waals surface area contributed by atoms with Gasteiger partial charge in [-0.1, -0.05) is 0 Å². The number of nitrogens with zero attached hydrogens (tertiary/aromatic N) is 1. The van der Waals surface area contributed by atoms with Crippen molar-refractivity contribution in [2.24, 2.45) is 0 Å². The first-order valence-corrected chi connectivity index (χ1v) is 7.01. The molecule has 1 aromatic heterocycles. The third-order valence-electron chi connectivity index (χ3n) is 2.17. The summed E-state index contributed by atoms with van der Waals surface area (Å²) in [5.41, 5.74) is -0.238. The van der Waals surface area contributed by atoms with Gasteiger partial charge in [0, 0.05) is 13.0 Å². The van der Waals surface area contributed by atoms with E-state index in [-0.39, 0.29) is 12.0 Å². The number of ether oxygens (including phenoxy) is 2. The molecule has 0 unspecified atom stereocenters. The lowest BCUT2D eigenvalue weighted by molar-refractivity contribution is -0.114. The molecule has 1 heterocycles. The Bertz CT molecular complexity index is 550. The van der Waals surface area contributed by atoms with Crippen LogP contribution in [0.3, 0.4) is 0 Å². The highest BCUT2D eigenvalue weighted by atomic mass is 16.6. The molecule has 0 atom stereocenters. The second kappa shape index (κ2) is 7.11. The molecule has 0 bridgehead atoms. The van der Waals surface area contributed by atoms with Gasteiger partial charge in [-0.2, -0.15) is 0 Å². The first kappa shape index (κ1) is 17.7. The molecular formula is C15H23N3O4. The number of pyridine rings is 1. The van der Waals surface area contributed by atoms with Crippen LogP contribution in [0.4, 0.5) is 16.3 Å². The number of anilines is 2. The van der Waals surface area contributed by atoms with E-state index in [1.54, 1.807) is 20.8 Å². The molecule has 2 N–H and O–H groups in total. The van der Waals surface area contributed by atoms with Crippen LogP contribution in [0, 0.1) is 0 Å². The average Bonchev–Trinajstić information content (AvgIpc) is 2.28. The van der Waals surface area contributed by atoms with Gasteiger partial charge in [0.25, 0.3) is 0 Å². The molecule has 2 amide bonds. The number of carbonyl (C=O) groups excluding carboxylic acids is 2. The summed E-state index contributed by atoms with van der Waals surface area (Å²) >= 11 is 0. The minimum atomic E-state index is -0.614. The van der Waals surface area contributed by atoms with E-state index < -0.39 is 11.7 Å². The number of nitrogens with one attached hydrogen (secondary N) is 2. The van der Waals surface area contributed by atoms with Crippen molar-refractivity contribution < 1.29 is 19.1 Å². The van der Waals surface area contributed by atoms with Crippen LogP contribution in [0.15, 0.2) is 12.3 Å². The lowest BCUT2D eigenvalue weighted by atomic mass is 10.2. The lowest BCUT2D eigenvalue weighted by Gasteiger charge is -2.21. The largest absolute Gasteiger partial charge is 0.487 e. The summed E-state index contributed by atoms with van der Waals surface area (Å²) in [7, 11) is 0. The number of amides is 2. The fourth-order valence-electron chi connectivity index (χ4n) is 1.55. The first-order valence-electron chi connectivity index (χ1n) is 7.01. The zero-order chi connectivity index (χ0) is 16.9. The molecule has 0 aliphatic carbocycles. The molecule has 0 saturated heterocycles. The molecule has 7 heteroatoms. The second-order valence-electron chi connectivity index (χ2n) is 6.04. The summed E-state index contributed by atoms with van der Waals surface area (Å²) in [5, 5.41) is 5.16. The van der Waals surface area contributed by atoms with E-state index in [1.165, 1.54) is 19.2 Å². The fraction of sp³-hybridized carbons (Fsp3) is 0.533. The number of hydrogen-bond donors (Lipinski definition) is 2. The Morgan fingerprint density at radius 1 is 1.23 bits per heavy atom. The fourth-order valence-corrected chi connectivity index (χ4v) is 1.55. The van der Waals surface area contributed by atoms with Crippen LogP contribution in [0.25, 0.3) is 0 Å². The maximum atomic E-state index is 11.9. The van der Waals surface area contributed by atoms with Crippen LogP contribution in [-0.4, -0.2) is 28.7 Å². The molecule has 7 nitrogen and oxygen atoms in total. The lowest BCUT2D eigenvalue weighted by Crippen LogP contribution is -2.27. The summed E-state index contributed by atoms with van der Waals surface area (Å²) in [6.07, 6.45) is 0.742. The van der Waals surface area contributed by atoms with Crippen LogP contribution in [0.1, 0.15) is 41.5 Å². The molecule has 0 aliphatic heterocycles. The molecular weight excluding hydrogens is 286 g/mol. The Hall–Kier alpha value is -2.31. The van der Waals surface area contributed by atoms with Crippen molar-refractivity contribution in [1.29, 1.82) is 0 Å². The normalized spacial score (nSPS) is 11.0. The van der Waals surface area contributed by atoms with Gasteiger partial charge in [-0.05, 0) is 34.6 Å². The predicted molar refractivity (Wildman–Crippen MR) is 84.2 cm³/mol. The van der Waals surface area contributed by atoms with Gasteiger partial charge in [-0.25, -0.2) is 9.78 Å². The van der Waals surface area contributed by atoms with Crippen molar-refractivity contribution in [3.8, 4) is 5.75 Å². The third-order valence-corrected chi connectivity index (χ3v) is 2.17. The highest BCUT2D eigenvalue weighted by Crippen LogP contribution is 2.27. The third kappa shape index (κ3) is 6.43. The molecule has 0 fully saturated rings. The molecule has 22 heavy (non-hydrogen) atoms. The number of carbonyl (C=O) groups is 2. The van der Waals surface area contributed by atoms with Crippen molar-refractivity contribution >= 4 is 23.5 Å². The Morgan fingerprint density at radius 3 is 2.36 bits per heavy atom. The van der Waals surface area contributed by atoms with Crippen molar-refractivity contribution in [1.82, 2.24) is 4.98 Å². The molecule has 0 radical (unpaired) electrons. The summed E-state index contributed by atoms with van der Waals surface area (Å²) in [6, 6.07) is 1.52. The molecule has 0 aliphatic rings. The van der Waals surface area contributed by atoms with Crippen LogP contribution < -0.4 is 15.4 Å². The molecule has 122 valence electrons. The minimum Gasteiger partial charge on any atom is -0.487 e. The van der Waals surface area contributed by atoms with Crippen LogP contribution in [0.2, 0.25) is 0 Å². The SMILES string of the molecule is CC(=O)Nc1cc(NC(=O)OC(C)(C)C)c(OC(C)C)cn1. The van der Waals surface area contributed by atoms with Crippen LogP contribution in [0.5, 0.6) is 5.75 Å². The Morgan fingerprint density at radius 2 is 1.86 bits per heavy atom. The van der Waals surface area contributed by atoms with E-state index in [0.29, 0.717) is 17.3 Å². The van der Waals surface area contributed by atoms with Gasteiger partial charge in [-0.3, -0.25) is 10.1 Å². The van der Waals surface area contributed by atoms with E-state index >= 15 is 0 Å². The highest BCUT2D eigenvalue weighted by Gasteiger charge is 2.18. The van der Waals surface area contributed by atoms with Crippen molar-refractivity contribution in [3.63, 3.8) is 0 Å². The topological polar surface area (TPSA) is 89.6 Å². The van der Waals surface area contributed by atoms with Gasteiger partial charge in [0.1, 0.15) is 11.4 Å². The maximum absolute atomic E-state index is 11.9. The second-order valence-corrected chi connectivity index (χ2v) is 6.04. The molecule has 0 spiro atoms. The van der Waals surface area contributed by atoms with Gasteiger partial charge < -0.3 is 14.8 Å². The Kier molecular flexibility index (Phi) is 5.73. The van der Waals surface area contributed by atoms with Gasteiger partial charge in [-0.15, -0.1) is 0 Å². The van der Waals surface area contributed by atoms with Crippen molar-refractivity contribution in [2.45, 2.75) is 53.2 Å². The van der Waals surface area contributed by atoms with E-state index in [1.807, 2.05) is 13.8 Å². The number of aromatic nitrogens is 1. The zero-order valence-electron chi connectivity index (χ0n) is 13.8. The molecule has 0 saturated carbocycles.